The van der Waals surface area contributed by atoms with Crippen LogP contribution in [0.5, 0.6) is 0 Å². The molecule has 2 N–H and O–H groups in total. The highest BCUT2D eigenvalue weighted by Gasteiger charge is 2.51. The molecule has 0 aliphatic carbocycles. The van der Waals surface area contributed by atoms with Gasteiger partial charge in [-0.15, -0.1) is 0 Å². The first kappa shape index (κ1) is 18.8. The summed E-state index contributed by atoms with van der Waals surface area (Å²) in [5.74, 6) is -1.28. The number of nitrogens with one attached hydrogen (secondary N) is 1. The molecule has 1 fully saturated rings. The number of Topliss-reactive ketones (excluding diaryl/α,β-unsaturated/α-hetero) is 1. The molecule has 1 atom stereocenters. The third-order valence-electron chi connectivity index (χ3n) is 5.76. The molecule has 2 aliphatic heterocycles. The maximum Gasteiger partial charge on any atom is 0.268 e. The topological polar surface area (TPSA) is 62.0 Å². The van der Waals surface area contributed by atoms with Gasteiger partial charge in [0.2, 0.25) is 0 Å². The normalized spacial score (nSPS) is 22.4. The molecule has 2 aromatic rings. The molecular formula is C22H24FN2O3+. The van der Waals surface area contributed by atoms with Gasteiger partial charge in [0.1, 0.15) is 5.82 Å². The Hall–Kier alpha value is -2.57. The van der Waals surface area contributed by atoms with Crippen LogP contribution in [0.2, 0.25) is 0 Å². The van der Waals surface area contributed by atoms with Gasteiger partial charge in [0.05, 0.1) is 25.2 Å². The van der Waals surface area contributed by atoms with Crippen LogP contribution in [0.3, 0.4) is 0 Å². The highest BCUT2D eigenvalue weighted by atomic mass is 19.1. The van der Waals surface area contributed by atoms with Crippen LogP contribution < -0.4 is 9.80 Å². The minimum atomic E-state index is -1.89. The largest absolute Gasteiger partial charge is 0.375 e. The second-order valence-electron chi connectivity index (χ2n) is 7.69. The van der Waals surface area contributed by atoms with Crippen LogP contribution in [0, 0.1) is 5.82 Å². The first-order chi connectivity index (χ1) is 13.5. The number of fused-ring (bicyclic) bond motifs is 1. The SMILES string of the molecule is O=C(C[C@@]1(O)C(=O)N(C[NH+]2CCCCC2)c2ccccc21)c1ccc(F)cc1. The fraction of sp³-hybridized carbons (Fsp3) is 0.364. The Morgan fingerprint density at radius 3 is 2.46 bits per heavy atom. The van der Waals surface area contributed by atoms with E-state index in [9.17, 15) is 19.1 Å². The molecule has 28 heavy (non-hydrogen) atoms. The molecule has 4 rings (SSSR count). The molecule has 6 heteroatoms. The molecule has 1 amide bonds. The molecule has 2 aliphatic rings. The maximum absolute atomic E-state index is 13.2. The number of ketones is 1. The molecule has 0 aromatic heterocycles. The molecule has 2 heterocycles. The van der Waals surface area contributed by atoms with Crippen molar-refractivity contribution in [3.05, 3.63) is 65.5 Å². The summed E-state index contributed by atoms with van der Waals surface area (Å²) in [6.07, 6.45) is 3.11. The smallest absolute Gasteiger partial charge is 0.268 e. The second kappa shape index (κ2) is 7.45. The molecular weight excluding hydrogens is 359 g/mol. The van der Waals surface area contributed by atoms with Crippen molar-refractivity contribution in [1.82, 2.24) is 0 Å². The Morgan fingerprint density at radius 2 is 1.75 bits per heavy atom. The van der Waals surface area contributed by atoms with E-state index in [1.54, 1.807) is 17.0 Å². The summed E-state index contributed by atoms with van der Waals surface area (Å²) >= 11 is 0. The van der Waals surface area contributed by atoms with Gasteiger partial charge >= 0.3 is 0 Å². The lowest BCUT2D eigenvalue weighted by Crippen LogP contribution is -3.14. The van der Waals surface area contributed by atoms with E-state index in [0.29, 0.717) is 17.9 Å². The van der Waals surface area contributed by atoms with E-state index in [1.165, 1.54) is 35.6 Å². The number of likely N-dealkylation sites (tertiary alicyclic amines) is 1. The Labute approximate surface area is 163 Å². The molecule has 5 nitrogen and oxygen atoms in total. The molecule has 146 valence electrons. The van der Waals surface area contributed by atoms with Crippen LogP contribution in [-0.4, -0.2) is 36.6 Å². The lowest BCUT2D eigenvalue weighted by molar-refractivity contribution is -0.903. The van der Waals surface area contributed by atoms with Gasteiger partial charge in [-0.05, 0) is 49.6 Å². The van der Waals surface area contributed by atoms with Crippen molar-refractivity contribution in [2.24, 2.45) is 0 Å². The molecule has 0 saturated carbocycles. The lowest BCUT2D eigenvalue weighted by Gasteiger charge is -2.29. The number of hydrogen-bond donors (Lipinski definition) is 2. The maximum atomic E-state index is 13.2. The lowest BCUT2D eigenvalue weighted by atomic mass is 9.88. The number of para-hydroxylation sites is 1. The summed E-state index contributed by atoms with van der Waals surface area (Å²) in [5.41, 5.74) is -0.482. The number of hydrogen-bond acceptors (Lipinski definition) is 3. The van der Waals surface area contributed by atoms with E-state index in [4.69, 9.17) is 0 Å². The van der Waals surface area contributed by atoms with E-state index >= 15 is 0 Å². The summed E-state index contributed by atoms with van der Waals surface area (Å²) < 4.78 is 13.1. The van der Waals surface area contributed by atoms with Gasteiger partial charge in [0, 0.05) is 11.1 Å². The van der Waals surface area contributed by atoms with Crippen LogP contribution in [0.15, 0.2) is 48.5 Å². The van der Waals surface area contributed by atoms with Crippen molar-refractivity contribution in [2.75, 3.05) is 24.7 Å². The van der Waals surface area contributed by atoms with E-state index in [1.807, 2.05) is 12.1 Å². The first-order valence-electron chi connectivity index (χ1n) is 9.75. The van der Waals surface area contributed by atoms with Crippen LogP contribution >= 0.6 is 0 Å². The summed E-state index contributed by atoms with van der Waals surface area (Å²) in [4.78, 5) is 28.9. The Morgan fingerprint density at radius 1 is 1.07 bits per heavy atom. The van der Waals surface area contributed by atoms with Crippen LogP contribution in [0.25, 0.3) is 0 Å². The Kier molecular flexibility index (Phi) is 5.00. The third-order valence-corrected chi connectivity index (χ3v) is 5.76. The number of aliphatic hydroxyl groups is 1. The number of nitrogens with zero attached hydrogens (tertiary/aromatic N) is 1. The van der Waals surface area contributed by atoms with Gasteiger partial charge in [-0.1, -0.05) is 18.2 Å². The summed E-state index contributed by atoms with van der Waals surface area (Å²) in [7, 11) is 0. The van der Waals surface area contributed by atoms with Gasteiger partial charge in [0.25, 0.3) is 5.91 Å². The van der Waals surface area contributed by atoms with E-state index in [0.717, 1.165) is 25.9 Å². The van der Waals surface area contributed by atoms with Gasteiger partial charge in [0.15, 0.2) is 18.1 Å². The Bertz CT molecular complexity index is 893. The predicted molar refractivity (Wildman–Crippen MR) is 103 cm³/mol. The zero-order chi connectivity index (χ0) is 19.7. The number of rotatable bonds is 5. The quantitative estimate of drug-likeness (QED) is 0.772. The van der Waals surface area contributed by atoms with Gasteiger partial charge < -0.3 is 10.0 Å². The van der Waals surface area contributed by atoms with Crippen molar-refractivity contribution < 1.29 is 24.0 Å². The predicted octanol–water partition coefficient (Wildman–Crippen LogP) is 1.66. The monoisotopic (exact) mass is 383 g/mol. The number of amides is 1. The molecule has 1 saturated heterocycles. The highest BCUT2D eigenvalue weighted by Crippen LogP contribution is 2.42. The van der Waals surface area contributed by atoms with E-state index < -0.39 is 23.1 Å². The van der Waals surface area contributed by atoms with E-state index in [2.05, 4.69) is 0 Å². The van der Waals surface area contributed by atoms with Crippen LogP contribution in [0.1, 0.15) is 41.6 Å². The van der Waals surface area contributed by atoms with Gasteiger partial charge in [-0.2, -0.15) is 0 Å². The van der Waals surface area contributed by atoms with Crippen LogP contribution in [0.4, 0.5) is 10.1 Å². The minimum absolute atomic E-state index is 0.278. The average Bonchev–Trinajstić information content (AvgIpc) is 2.91. The number of carbonyl (C=O) groups excluding carboxylic acids is 2. The van der Waals surface area contributed by atoms with Crippen molar-refractivity contribution in [3.8, 4) is 0 Å². The zero-order valence-corrected chi connectivity index (χ0v) is 15.7. The van der Waals surface area contributed by atoms with E-state index in [-0.39, 0.29) is 12.0 Å². The Balaban J connectivity index is 1.61. The van der Waals surface area contributed by atoms with Gasteiger partial charge in [-0.3, -0.25) is 14.5 Å². The van der Waals surface area contributed by atoms with Gasteiger partial charge in [-0.25, -0.2) is 4.39 Å². The second-order valence-corrected chi connectivity index (χ2v) is 7.69. The fourth-order valence-electron chi connectivity index (χ4n) is 4.24. The molecule has 2 aromatic carbocycles. The number of carbonyl (C=O) groups is 2. The number of piperidine rings is 1. The number of benzene rings is 2. The number of halogens is 1. The van der Waals surface area contributed by atoms with Crippen molar-refractivity contribution in [2.45, 2.75) is 31.3 Å². The average molecular weight is 383 g/mol. The van der Waals surface area contributed by atoms with Crippen LogP contribution in [-0.2, 0) is 10.4 Å². The molecule has 0 unspecified atom stereocenters. The molecule has 0 radical (unpaired) electrons. The number of anilines is 1. The molecule has 0 spiro atoms. The van der Waals surface area contributed by atoms with Crippen molar-refractivity contribution in [3.63, 3.8) is 0 Å². The summed E-state index contributed by atoms with van der Waals surface area (Å²) in [6.45, 7) is 2.49. The summed E-state index contributed by atoms with van der Waals surface area (Å²) in [5, 5.41) is 11.3. The zero-order valence-electron chi connectivity index (χ0n) is 15.7. The molecule has 0 bridgehead atoms. The first-order valence-corrected chi connectivity index (χ1v) is 9.75. The fourth-order valence-corrected chi connectivity index (χ4v) is 4.24. The van der Waals surface area contributed by atoms with Crippen molar-refractivity contribution >= 4 is 17.4 Å². The standard InChI is InChI=1S/C22H23FN2O3/c23-17-10-8-16(9-11-17)20(26)14-22(28)18-6-2-3-7-19(18)25(21(22)27)15-24-12-4-1-5-13-24/h2-3,6-11,28H,1,4-5,12-15H2/p+1/t22-/m0/s1. The summed E-state index contributed by atoms with van der Waals surface area (Å²) in [6, 6.07) is 12.3. The minimum Gasteiger partial charge on any atom is -0.375 e. The third kappa shape index (κ3) is 3.34. The number of quaternary nitrogens is 1. The van der Waals surface area contributed by atoms with Crippen molar-refractivity contribution in [1.29, 1.82) is 0 Å². The highest BCUT2D eigenvalue weighted by molar-refractivity contribution is 6.10.